The van der Waals surface area contributed by atoms with Gasteiger partial charge in [-0.3, -0.25) is 9.59 Å². The zero-order chi connectivity index (χ0) is 97.2. The van der Waals surface area contributed by atoms with Crippen molar-refractivity contribution in [3.63, 3.8) is 0 Å². The maximum absolute atomic E-state index is 15.7. The fraction of sp³-hybridized carbons (Fsp3) is 0.517. The van der Waals surface area contributed by atoms with Gasteiger partial charge in [-0.2, -0.15) is 21.0 Å². The van der Waals surface area contributed by atoms with Gasteiger partial charge in [0.1, 0.15) is 46.5 Å². The van der Waals surface area contributed by atoms with E-state index in [1.165, 1.54) is 165 Å². The van der Waals surface area contributed by atoms with Gasteiger partial charge in [0.2, 0.25) is 0 Å². The third kappa shape index (κ3) is 21.7. The van der Waals surface area contributed by atoms with Crippen molar-refractivity contribution in [3.05, 3.63) is 160 Å². The second-order valence-electron chi connectivity index (χ2n) is 40.3. The Hall–Kier alpha value is -9.66. The van der Waals surface area contributed by atoms with Crippen molar-refractivity contribution < 1.29 is 27.2 Å². The standard InChI is InChI=1S/C120H142F4N8O2S4/c1-11-21-29-33-35-37-39-41-45-53-85-99(67-93-101(81(69-125)70-126)87-63-95(121)97(123)65-91(87)113(93)133)135-119-111-117(137-115(85)119)103-107-108(130-106-90-62-80(60-78(50-28-18-8)52-44-32-24-14-4)56-58-84(90)83-57-55-79(61-89(83)105(106)129-107)59-77(49-27-17-7)51-43-31-23-13-3)104-110(109(103)131(111)73-75(19-9)47-25-15-5)132(74-76(20-10)48-26-16-6)112-118(104)138-116-86(54-46-42-40-38-36-34-30-22-12-2)100(136-120(112)116)68-94-102(82(71-127)72-128)88-64-96(122)98(124)66-92(88)114(94)134/h55-58,61-68,75-78H,11-54,59-60,73-74H2,1-10H3/b93-67-,94-68-. The van der Waals surface area contributed by atoms with Gasteiger partial charge in [0, 0.05) is 77.8 Å². The van der Waals surface area contributed by atoms with E-state index in [0.29, 0.717) is 37.8 Å². The first-order valence-corrected chi connectivity index (χ1v) is 56.7. The zero-order valence-corrected chi connectivity index (χ0v) is 87.0. The number of hydrogen-bond donors (Lipinski definition) is 0. The maximum atomic E-state index is 15.7. The number of nitriles is 4. The van der Waals surface area contributed by atoms with Crippen LogP contribution in [0.1, 0.15) is 403 Å². The Morgan fingerprint density at radius 3 is 0.986 bits per heavy atom. The van der Waals surface area contributed by atoms with E-state index >= 15 is 27.2 Å². The summed E-state index contributed by atoms with van der Waals surface area (Å²) in [6, 6.07) is 26.6. The molecule has 2 aliphatic carbocycles. The Labute approximate surface area is 832 Å². The molecule has 10 nitrogen and oxygen atoms in total. The summed E-state index contributed by atoms with van der Waals surface area (Å²) in [5, 5.41) is 49.8. The Kier molecular flexibility index (Phi) is 36.2. The molecule has 4 unspecified atom stereocenters. The third-order valence-electron chi connectivity index (χ3n) is 30.4. The normalized spacial score (nSPS) is 14.4. The molecular weight excluding hydrogens is 1790 g/mol. The molecule has 13 aromatic rings. The number of aryl methyl sites for hydroxylation is 2. The lowest BCUT2D eigenvalue weighted by molar-refractivity contribution is 0.103. The van der Waals surface area contributed by atoms with Crippen molar-refractivity contribution in [2.24, 2.45) is 23.7 Å². The average molecular weight is 1930 g/mol. The number of halogens is 4. The fourth-order valence-corrected chi connectivity index (χ4v) is 28.6. The van der Waals surface area contributed by atoms with Crippen molar-refractivity contribution in [1.29, 1.82) is 21.0 Å². The molecule has 0 radical (unpaired) electrons. The van der Waals surface area contributed by atoms with Crippen LogP contribution in [0.25, 0.3) is 128 Å². The summed E-state index contributed by atoms with van der Waals surface area (Å²) in [5.74, 6) is -4.43. The van der Waals surface area contributed by atoms with Gasteiger partial charge in [0.05, 0.1) is 61.3 Å². The van der Waals surface area contributed by atoms with Crippen LogP contribution in [-0.4, -0.2) is 30.7 Å². The molecule has 4 atom stereocenters. The number of thiophene rings is 4. The van der Waals surface area contributed by atoms with E-state index in [2.05, 4.69) is 139 Å². The number of benzene rings is 6. The van der Waals surface area contributed by atoms with Crippen LogP contribution in [0.15, 0.2) is 83.0 Å². The first-order chi connectivity index (χ1) is 67.4. The van der Waals surface area contributed by atoms with Crippen LogP contribution in [0, 0.1) is 92.3 Å². The summed E-state index contributed by atoms with van der Waals surface area (Å²) in [5.41, 5.74) is 11.7. The monoisotopic (exact) mass is 1930 g/mol. The molecule has 0 aliphatic heterocycles. The number of Topliss-reactive ketones (excluding diaryl/α,β-unsaturated/α-hetero) is 2. The Bertz CT molecular complexity index is 6520. The Morgan fingerprint density at radius 1 is 0.341 bits per heavy atom. The first kappa shape index (κ1) is 103. The molecule has 0 bridgehead atoms. The van der Waals surface area contributed by atoms with Crippen molar-refractivity contribution in [2.45, 2.75) is 378 Å². The molecule has 0 spiro atoms. The molecule has 0 fully saturated rings. The SMILES string of the molecule is CCCCCCCCCCCc1c(/C=C2\C(=O)c3cc(F)c(F)cc3C2=C(C#N)C#N)sc2c1sc1c3c4nc5c6cc(CC(CCCC)CCCCCC)ccc6c6ccc(CC(CCCC)CCCCCC)cc6c5nc4c4c5sc6c(CCCCCCCCCCC)c(/C=C7\C(=O)c8cc(F)c(F)cc8C7=C(C#N)C#N)sc6c5n(CC(CC)CCCC)c4c3n(CC(CC)CCCC)c21. The number of rotatable bonds is 54. The number of carbonyl (C=O) groups is 2. The molecule has 0 saturated heterocycles. The zero-order valence-electron chi connectivity index (χ0n) is 83.7. The minimum atomic E-state index is -1.19. The summed E-state index contributed by atoms with van der Waals surface area (Å²) < 4.78 is 74.6. The van der Waals surface area contributed by atoms with Gasteiger partial charge in [0.15, 0.2) is 34.8 Å². The van der Waals surface area contributed by atoms with Gasteiger partial charge in [-0.05, 0) is 168 Å². The highest BCUT2D eigenvalue weighted by Gasteiger charge is 2.40. The summed E-state index contributed by atoms with van der Waals surface area (Å²) in [4.78, 5) is 45.4. The lowest BCUT2D eigenvalue weighted by Gasteiger charge is -2.21. The second-order valence-corrected chi connectivity index (χ2v) is 44.4. The van der Waals surface area contributed by atoms with E-state index in [1.54, 1.807) is 45.3 Å². The molecule has 7 heterocycles. The third-order valence-corrected chi connectivity index (χ3v) is 35.6. The van der Waals surface area contributed by atoms with Crippen LogP contribution in [0.3, 0.4) is 0 Å². The first-order valence-electron chi connectivity index (χ1n) is 53.4. The van der Waals surface area contributed by atoms with E-state index in [-0.39, 0.29) is 67.5 Å². The number of hydrogen-bond acceptors (Lipinski definition) is 12. The van der Waals surface area contributed by atoms with E-state index in [0.717, 1.165) is 278 Å². The molecule has 15 rings (SSSR count). The number of allylic oxidation sites excluding steroid dienone is 6. The summed E-state index contributed by atoms with van der Waals surface area (Å²) in [6.45, 7) is 24.2. The molecule has 0 N–H and O–H groups in total. The van der Waals surface area contributed by atoms with Crippen molar-refractivity contribution in [1.82, 2.24) is 19.1 Å². The van der Waals surface area contributed by atoms with Gasteiger partial charge in [-0.15, -0.1) is 45.3 Å². The molecule has 138 heavy (non-hydrogen) atoms. The van der Waals surface area contributed by atoms with E-state index in [1.807, 2.05) is 12.2 Å². The largest absolute Gasteiger partial charge is 0.337 e. The van der Waals surface area contributed by atoms with Crippen LogP contribution in [0.4, 0.5) is 17.6 Å². The molecule has 2 aliphatic rings. The maximum Gasteiger partial charge on any atom is 0.194 e. The fourth-order valence-electron chi connectivity index (χ4n) is 22.7. The minimum absolute atomic E-state index is 0.00520. The Balaban J connectivity index is 1.12. The van der Waals surface area contributed by atoms with Crippen LogP contribution in [0.5, 0.6) is 0 Å². The van der Waals surface area contributed by atoms with Gasteiger partial charge >= 0.3 is 0 Å². The second kappa shape index (κ2) is 48.7. The number of aromatic nitrogens is 4. The van der Waals surface area contributed by atoms with E-state index in [4.69, 9.17) is 9.97 Å². The van der Waals surface area contributed by atoms with Crippen molar-refractivity contribution in [2.75, 3.05) is 0 Å². The number of ketones is 2. The van der Waals surface area contributed by atoms with E-state index in [9.17, 15) is 21.0 Å². The van der Waals surface area contributed by atoms with Gasteiger partial charge in [0.25, 0.3) is 0 Å². The Morgan fingerprint density at radius 2 is 0.652 bits per heavy atom. The van der Waals surface area contributed by atoms with Crippen molar-refractivity contribution in [3.8, 4) is 24.3 Å². The minimum Gasteiger partial charge on any atom is -0.337 e. The lowest BCUT2D eigenvalue weighted by atomic mass is 9.87. The smallest absolute Gasteiger partial charge is 0.194 e. The van der Waals surface area contributed by atoms with Gasteiger partial charge in [-0.25, -0.2) is 27.5 Å². The highest BCUT2D eigenvalue weighted by Crippen LogP contribution is 2.58. The highest BCUT2D eigenvalue weighted by atomic mass is 32.1. The molecule has 0 amide bonds. The molecule has 6 aromatic carbocycles. The topological polar surface area (TPSA) is 165 Å². The molecular formula is C120H142F4N8O2S4. The predicted molar refractivity (Wildman–Crippen MR) is 578 cm³/mol. The average Bonchev–Trinajstić information content (AvgIpc) is 1.48. The lowest BCUT2D eigenvalue weighted by Crippen LogP contribution is -2.13. The molecule has 18 heteroatoms. The van der Waals surface area contributed by atoms with Gasteiger partial charge in [-0.1, -0.05) is 337 Å². The van der Waals surface area contributed by atoms with Crippen LogP contribution in [0.2, 0.25) is 0 Å². The quantitative estimate of drug-likeness (QED) is 0.00907. The van der Waals surface area contributed by atoms with E-state index < -0.39 is 34.8 Å². The number of unbranched alkanes of at least 4 members (excludes halogenated alkanes) is 26. The predicted octanol–water partition coefficient (Wildman–Crippen LogP) is 37.8. The number of carbonyl (C=O) groups excluding carboxylic acids is 2. The van der Waals surface area contributed by atoms with Crippen LogP contribution >= 0.6 is 45.3 Å². The summed E-state index contributed by atoms with van der Waals surface area (Å²) in [6.07, 6.45) is 53.9. The van der Waals surface area contributed by atoms with Crippen molar-refractivity contribution >= 4 is 185 Å². The highest BCUT2D eigenvalue weighted by molar-refractivity contribution is 7.34. The van der Waals surface area contributed by atoms with Gasteiger partial charge < -0.3 is 9.13 Å². The van der Waals surface area contributed by atoms with Crippen LogP contribution < -0.4 is 0 Å². The summed E-state index contributed by atoms with van der Waals surface area (Å²) in [7, 11) is 0. The number of fused-ring (bicyclic) bond motifs is 22. The number of nitrogens with zero attached hydrogens (tertiary/aromatic N) is 8. The molecule has 7 aromatic heterocycles. The summed E-state index contributed by atoms with van der Waals surface area (Å²) >= 11 is 6.83. The molecule has 726 valence electrons. The van der Waals surface area contributed by atoms with Crippen LogP contribution in [-0.2, 0) is 38.8 Å². The molecule has 0 saturated carbocycles.